The van der Waals surface area contributed by atoms with E-state index >= 15 is 0 Å². The van der Waals surface area contributed by atoms with Gasteiger partial charge in [0.25, 0.3) is 0 Å². The summed E-state index contributed by atoms with van der Waals surface area (Å²) in [6.45, 7) is 4.42. The lowest BCUT2D eigenvalue weighted by molar-refractivity contribution is -0.117. The number of carbonyl (C=O) groups excluding carboxylic acids is 1. The number of amides is 1. The number of nitrogens with one attached hydrogen (secondary N) is 1. The predicted molar refractivity (Wildman–Crippen MR) is 122 cm³/mol. The van der Waals surface area contributed by atoms with E-state index in [4.69, 9.17) is 4.98 Å². The summed E-state index contributed by atoms with van der Waals surface area (Å²) in [4.78, 5) is 21.5. The molecule has 0 bridgehead atoms. The van der Waals surface area contributed by atoms with Crippen LogP contribution in [0.4, 0.5) is 10.1 Å². The number of halogens is 2. The molecular weight excluding hydrogens is 467 g/mol. The van der Waals surface area contributed by atoms with Gasteiger partial charge >= 0.3 is 0 Å². The molecule has 2 heterocycles. The van der Waals surface area contributed by atoms with Crippen LogP contribution in [-0.4, -0.2) is 53.4 Å². The topological polar surface area (TPSA) is 48.5 Å². The molecule has 1 aliphatic heterocycles. The number of anilines is 1. The third-order valence-electron chi connectivity index (χ3n) is 5.00. The fraction of sp³-hybridized carbons (Fsp3) is 0.273. The highest BCUT2D eigenvalue weighted by Crippen LogP contribution is 2.24. The van der Waals surface area contributed by atoms with Crippen LogP contribution in [0, 0.1) is 5.82 Å². The smallest absolute Gasteiger partial charge is 0.238 e. The molecule has 1 saturated heterocycles. The number of carbonyl (C=O) groups is 1. The van der Waals surface area contributed by atoms with Crippen molar-refractivity contribution < 1.29 is 9.18 Å². The fourth-order valence-corrected chi connectivity index (χ4v) is 4.56. The summed E-state index contributed by atoms with van der Waals surface area (Å²) in [7, 11) is 0. The lowest BCUT2D eigenvalue weighted by Gasteiger charge is -2.33. The molecule has 1 aromatic heterocycles. The molecule has 1 aliphatic rings. The quantitative estimate of drug-likeness (QED) is 0.556. The first-order valence-corrected chi connectivity index (χ1v) is 11.4. The van der Waals surface area contributed by atoms with Crippen molar-refractivity contribution in [3.05, 3.63) is 69.9 Å². The summed E-state index contributed by atoms with van der Waals surface area (Å²) in [5.74, 6) is -0.641. The molecule has 0 radical (unpaired) electrons. The number of thiazole rings is 1. The molecule has 0 spiro atoms. The minimum atomic E-state index is -0.444. The highest BCUT2D eigenvalue weighted by molar-refractivity contribution is 9.10. The highest BCUT2D eigenvalue weighted by atomic mass is 79.9. The SMILES string of the molecule is O=C(CN1CCN(Cc2csc(-c3ccccc3)n2)CC1)Nc1ccc(Br)cc1F. The zero-order chi connectivity index (χ0) is 20.9. The van der Waals surface area contributed by atoms with Crippen molar-refractivity contribution in [1.29, 1.82) is 0 Å². The number of nitrogens with zero attached hydrogens (tertiary/aromatic N) is 3. The minimum absolute atomic E-state index is 0.198. The van der Waals surface area contributed by atoms with Crippen LogP contribution in [0.1, 0.15) is 5.69 Å². The van der Waals surface area contributed by atoms with Gasteiger partial charge in [0.2, 0.25) is 5.91 Å². The molecule has 1 N–H and O–H groups in total. The molecule has 4 rings (SSSR count). The maximum atomic E-state index is 13.9. The lowest BCUT2D eigenvalue weighted by Crippen LogP contribution is -2.48. The second kappa shape index (κ2) is 9.78. The van der Waals surface area contributed by atoms with Gasteiger partial charge in [-0.1, -0.05) is 46.3 Å². The van der Waals surface area contributed by atoms with Gasteiger partial charge in [0.15, 0.2) is 0 Å². The largest absolute Gasteiger partial charge is 0.322 e. The molecule has 30 heavy (non-hydrogen) atoms. The third-order valence-corrected chi connectivity index (χ3v) is 6.43. The Morgan fingerprint density at radius 3 is 2.57 bits per heavy atom. The van der Waals surface area contributed by atoms with Gasteiger partial charge in [-0.25, -0.2) is 9.37 Å². The van der Waals surface area contributed by atoms with Crippen molar-refractivity contribution in [2.24, 2.45) is 0 Å². The van der Waals surface area contributed by atoms with Gasteiger partial charge in [-0.3, -0.25) is 14.6 Å². The van der Waals surface area contributed by atoms with Gasteiger partial charge in [-0.2, -0.15) is 0 Å². The van der Waals surface area contributed by atoms with Crippen LogP contribution >= 0.6 is 27.3 Å². The number of hydrogen-bond donors (Lipinski definition) is 1. The molecule has 1 amide bonds. The van der Waals surface area contributed by atoms with Gasteiger partial charge in [0.05, 0.1) is 17.9 Å². The summed E-state index contributed by atoms with van der Waals surface area (Å²) < 4.78 is 14.5. The standard InChI is InChI=1S/C22H22BrFN4OS/c23-17-6-7-20(19(24)12-17)26-21(29)14-28-10-8-27(9-11-28)13-18-15-30-22(25-18)16-4-2-1-3-5-16/h1-7,12,15H,8-11,13-14H2,(H,26,29). The second-order valence-corrected chi connectivity index (χ2v) is 9.01. The molecule has 5 nitrogen and oxygen atoms in total. The molecule has 0 saturated carbocycles. The van der Waals surface area contributed by atoms with Crippen molar-refractivity contribution in [2.75, 3.05) is 38.0 Å². The Hall–Kier alpha value is -2.13. The molecule has 0 atom stereocenters. The van der Waals surface area contributed by atoms with Gasteiger partial charge in [-0.05, 0) is 18.2 Å². The van der Waals surface area contributed by atoms with Crippen LogP contribution in [-0.2, 0) is 11.3 Å². The number of piperazine rings is 1. The van der Waals surface area contributed by atoms with Crippen LogP contribution in [0.5, 0.6) is 0 Å². The Morgan fingerprint density at radius 2 is 1.83 bits per heavy atom. The Morgan fingerprint density at radius 1 is 1.10 bits per heavy atom. The average molecular weight is 489 g/mol. The van der Waals surface area contributed by atoms with E-state index in [1.807, 2.05) is 18.2 Å². The van der Waals surface area contributed by atoms with Crippen LogP contribution in [0.3, 0.4) is 0 Å². The molecule has 0 aliphatic carbocycles. The zero-order valence-corrected chi connectivity index (χ0v) is 18.8. The van der Waals surface area contributed by atoms with E-state index in [1.165, 1.54) is 6.07 Å². The van der Waals surface area contributed by atoms with Crippen molar-refractivity contribution in [3.63, 3.8) is 0 Å². The Labute approximate surface area is 187 Å². The number of rotatable bonds is 6. The first kappa shape index (κ1) is 21.1. The van der Waals surface area contributed by atoms with Crippen molar-refractivity contribution in [3.8, 4) is 10.6 Å². The van der Waals surface area contributed by atoms with Crippen molar-refractivity contribution in [2.45, 2.75) is 6.54 Å². The van der Waals surface area contributed by atoms with E-state index in [2.05, 4.69) is 48.6 Å². The van der Waals surface area contributed by atoms with Crippen LogP contribution in [0.15, 0.2) is 58.4 Å². The average Bonchev–Trinajstić information content (AvgIpc) is 3.21. The lowest BCUT2D eigenvalue weighted by atomic mass is 10.2. The van der Waals surface area contributed by atoms with Gasteiger partial charge in [0.1, 0.15) is 10.8 Å². The van der Waals surface area contributed by atoms with Crippen molar-refractivity contribution >= 4 is 38.9 Å². The van der Waals surface area contributed by atoms with Crippen LogP contribution < -0.4 is 5.32 Å². The van der Waals surface area contributed by atoms with E-state index in [0.29, 0.717) is 4.47 Å². The minimum Gasteiger partial charge on any atom is -0.322 e. The van der Waals surface area contributed by atoms with Gasteiger partial charge in [0, 0.05) is 48.1 Å². The molecule has 0 unspecified atom stereocenters. The monoisotopic (exact) mass is 488 g/mol. The first-order chi connectivity index (χ1) is 14.6. The Bertz CT molecular complexity index is 1010. The zero-order valence-electron chi connectivity index (χ0n) is 16.4. The Kier molecular flexibility index (Phi) is 6.89. The van der Waals surface area contributed by atoms with Crippen molar-refractivity contribution in [1.82, 2.24) is 14.8 Å². The highest BCUT2D eigenvalue weighted by Gasteiger charge is 2.20. The van der Waals surface area contributed by atoms with E-state index in [-0.39, 0.29) is 18.1 Å². The maximum Gasteiger partial charge on any atom is 0.238 e. The molecule has 156 valence electrons. The van der Waals surface area contributed by atoms with E-state index < -0.39 is 5.82 Å². The molecule has 3 aromatic rings. The van der Waals surface area contributed by atoms with Gasteiger partial charge in [-0.15, -0.1) is 11.3 Å². The van der Waals surface area contributed by atoms with Gasteiger partial charge < -0.3 is 5.32 Å². The predicted octanol–water partition coefficient (Wildman–Crippen LogP) is 4.47. The molecule has 1 fully saturated rings. The summed E-state index contributed by atoms with van der Waals surface area (Å²) in [5, 5.41) is 5.82. The summed E-state index contributed by atoms with van der Waals surface area (Å²) >= 11 is 4.88. The summed E-state index contributed by atoms with van der Waals surface area (Å²) in [6.07, 6.45) is 0. The molecule has 2 aromatic carbocycles. The fourth-order valence-electron chi connectivity index (χ4n) is 3.41. The second-order valence-electron chi connectivity index (χ2n) is 7.23. The summed E-state index contributed by atoms with van der Waals surface area (Å²) in [5.41, 5.74) is 2.43. The van der Waals surface area contributed by atoms with E-state index in [1.54, 1.807) is 23.5 Å². The van der Waals surface area contributed by atoms with E-state index in [0.717, 1.165) is 49.0 Å². The molecule has 8 heteroatoms. The maximum absolute atomic E-state index is 13.9. The number of hydrogen-bond acceptors (Lipinski definition) is 5. The van der Waals surface area contributed by atoms with Crippen LogP contribution in [0.2, 0.25) is 0 Å². The molecular formula is C22H22BrFN4OS. The third kappa shape index (κ3) is 5.51. The number of benzene rings is 2. The normalized spacial score (nSPS) is 15.3. The number of aromatic nitrogens is 1. The van der Waals surface area contributed by atoms with E-state index in [9.17, 15) is 9.18 Å². The summed E-state index contributed by atoms with van der Waals surface area (Å²) in [6, 6.07) is 14.8. The van der Waals surface area contributed by atoms with Crippen LogP contribution in [0.25, 0.3) is 10.6 Å². The Balaban J connectivity index is 1.24. The first-order valence-electron chi connectivity index (χ1n) is 9.76.